The third-order valence-corrected chi connectivity index (χ3v) is 1.46. The van der Waals surface area contributed by atoms with E-state index >= 15 is 0 Å². The van der Waals surface area contributed by atoms with E-state index in [4.69, 9.17) is 10.9 Å². The van der Waals surface area contributed by atoms with Crippen molar-refractivity contribution >= 4 is 17.3 Å². The topological polar surface area (TPSA) is 92.2 Å². The molecule has 4 N–H and O–H groups in total. The Balaban J connectivity index is 3.01. The predicted molar refractivity (Wildman–Crippen MR) is 35.6 cm³/mol. The first kappa shape index (κ1) is 8.74. The van der Waals surface area contributed by atoms with Gasteiger partial charge in [0, 0.05) is 24.2 Å². The van der Waals surface area contributed by atoms with Crippen molar-refractivity contribution in [1.29, 1.82) is 0 Å². The van der Waals surface area contributed by atoms with Crippen LogP contribution in [0.2, 0.25) is 0 Å². The summed E-state index contributed by atoms with van der Waals surface area (Å²) in [4.78, 5) is 10.1. The first-order valence-electron chi connectivity index (χ1n) is 2.54. The first-order chi connectivity index (χ1) is 4.13. The highest BCUT2D eigenvalue weighted by molar-refractivity contribution is 7.89. The van der Waals surface area contributed by atoms with E-state index in [-0.39, 0.29) is 12.3 Å². The molecule has 1 unspecified atom stereocenters. The molecule has 0 aliphatic heterocycles. The lowest BCUT2D eigenvalue weighted by Crippen LogP contribution is -2.18. The lowest BCUT2D eigenvalue weighted by Gasteiger charge is -2.00. The second-order valence-corrected chi connectivity index (χ2v) is 2.82. The van der Waals surface area contributed by atoms with Crippen molar-refractivity contribution in [3.05, 3.63) is 0 Å². The molecule has 54 valence electrons. The summed E-state index contributed by atoms with van der Waals surface area (Å²) < 4.78 is 10.2. The predicted octanol–water partition coefficient (Wildman–Crippen LogP) is -1.13. The molecule has 0 fully saturated rings. The van der Waals surface area contributed by atoms with Gasteiger partial charge in [-0.15, -0.1) is 0 Å². The molecule has 0 aliphatic rings. The lowest BCUT2D eigenvalue weighted by atomic mass is 10.3. The van der Waals surface area contributed by atoms with Gasteiger partial charge >= 0.3 is 0 Å². The van der Waals surface area contributed by atoms with E-state index in [1.807, 2.05) is 0 Å². The molecule has 0 heterocycles. The zero-order chi connectivity index (χ0) is 7.28. The second-order valence-electron chi connectivity index (χ2n) is 1.65. The van der Waals surface area contributed by atoms with E-state index in [0.717, 1.165) is 0 Å². The summed E-state index contributed by atoms with van der Waals surface area (Å²) >= 11 is -1.29. The molecule has 0 spiro atoms. The number of rotatable bonds is 4. The Morgan fingerprint density at radius 3 is 2.56 bits per heavy atom. The zero-order valence-corrected chi connectivity index (χ0v) is 5.82. The molecule has 9 heavy (non-hydrogen) atoms. The van der Waals surface area contributed by atoms with Crippen molar-refractivity contribution < 1.29 is 9.35 Å². The van der Waals surface area contributed by atoms with Crippen LogP contribution in [0.5, 0.6) is 0 Å². The molecule has 0 aromatic carbocycles. The highest BCUT2D eigenvalue weighted by atomic mass is 32.2. The summed E-state index contributed by atoms with van der Waals surface area (Å²) in [6, 6.07) is 0. The molecule has 0 rings (SSSR count). The standard InChI is InChI=1S/C4H10N2O2S/c5-4(7)2-1-3-9(6)8/h1-3,6H2,(H2,5,7). The van der Waals surface area contributed by atoms with Gasteiger partial charge in [-0.2, -0.15) is 5.14 Å². The maximum atomic E-state index is 10.2. The fraction of sp³-hybridized carbons (Fsp3) is 0.750. The molecule has 0 aromatic heterocycles. The minimum atomic E-state index is -1.29. The van der Waals surface area contributed by atoms with Crippen LogP contribution in [0.4, 0.5) is 0 Å². The molecular weight excluding hydrogens is 140 g/mol. The average Bonchev–Trinajstić information content (AvgIpc) is 1.63. The number of nitrogens with two attached hydrogens (primary N) is 2. The fourth-order valence-electron chi connectivity index (χ4n) is 0.389. The van der Waals surface area contributed by atoms with Gasteiger partial charge in [0.05, 0.1) is 0 Å². The van der Waals surface area contributed by atoms with E-state index in [2.05, 4.69) is 0 Å². The van der Waals surface area contributed by atoms with E-state index in [0.29, 0.717) is 12.2 Å². The third kappa shape index (κ3) is 7.74. The summed E-state index contributed by atoms with van der Waals surface area (Å²) in [7, 11) is 0. The number of primary amides is 1. The Hall–Kier alpha value is -0.260. The normalized spacial score (nSPS) is 13.1. The van der Waals surface area contributed by atoms with Crippen LogP contribution in [-0.2, 0) is 16.2 Å². The zero-order valence-electron chi connectivity index (χ0n) is 5.00. The number of carbonyl (C=O) groups is 1. The van der Waals surface area contributed by atoms with Gasteiger partial charge in [0.25, 0.3) is 0 Å². The van der Waals surface area contributed by atoms with Crippen LogP contribution in [0.15, 0.2) is 0 Å². The van der Waals surface area contributed by atoms with Gasteiger partial charge in [-0.25, -0.2) is 0 Å². The van der Waals surface area contributed by atoms with Crippen molar-refractivity contribution in [3.8, 4) is 0 Å². The van der Waals surface area contributed by atoms with Crippen molar-refractivity contribution in [2.45, 2.75) is 12.8 Å². The number of hydrogen-bond donors (Lipinski definition) is 2. The summed E-state index contributed by atoms with van der Waals surface area (Å²) in [5.41, 5.74) is 4.80. The molecule has 5 heteroatoms. The van der Waals surface area contributed by atoms with Gasteiger partial charge in [-0.05, 0) is 0 Å². The van der Waals surface area contributed by atoms with Crippen LogP contribution < -0.4 is 10.9 Å². The molecule has 0 aliphatic carbocycles. The molecule has 0 radical (unpaired) electrons. The molecule has 4 nitrogen and oxygen atoms in total. The SMILES string of the molecule is NC(=O)CCC[S+](N)[O-]. The van der Waals surface area contributed by atoms with E-state index < -0.39 is 11.4 Å². The smallest absolute Gasteiger partial charge is 0.217 e. The van der Waals surface area contributed by atoms with Gasteiger partial charge in [-0.3, -0.25) is 4.79 Å². The Morgan fingerprint density at radius 1 is 1.67 bits per heavy atom. The second kappa shape index (κ2) is 4.60. The first-order valence-corrected chi connectivity index (χ1v) is 3.92. The van der Waals surface area contributed by atoms with E-state index in [1.54, 1.807) is 0 Å². The summed E-state index contributed by atoms with van der Waals surface area (Å²) in [5.74, 6) is -0.0244. The maximum absolute atomic E-state index is 10.2. The highest BCUT2D eigenvalue weighted by Gasteiger charge is 1.99. The Labute approximate surface area is 56.9 Å². The molecule has 1 amide bonds. The Morgan fingerprint density at radius 2 is 2.22 bits per heavy atom. The number of hydrogen-bond acceptors (Lipinski definition) is 3. The summed E-state index contributed by atoms with van der Waals surface area (Å²) in [5, 5.41) is 4.90. The van der Waals surface area contributed by atoms with Gasteiger partial charge in [-0.1, -0.05) is 0 Å². The van der Waals surface area contributed by atoms with Crippen molar-refractivity contribution in [2.24, 2.45) is 10.9 Å². The third-order valence-electron chi connectivity index (χ3n) is 0.769. The van der Waals surface area contributed by atoms with Crippen molar-refractivity contribution in [1.82, 2.24) is 0 Å². The minimum Gasteiger partial charge on any atom is -0.598 e. The highest BCUT2D eigenvalue weighted by Crippen LogP contribution is 1.89. The maximum Gasteiger partial charge on any atom is 0.217 e. The van der Waals surface area contributed by atoms with Crippen LogP contribution >= 0.6 is 0 Å². The molecule has 0 saturated carbocycles. The molecule has 0 aromatic rings. The van der Waals surface area contributed by atoms with Gasteiger partial charge in [0.15, 0.2) is 0 Å². The number of amides is 1. The number of carbonyl (C=O) groups excluding carboxylic acids is 1. The fourth-order valence-corrected chi connectivity index (χ4v) is 0.818. The van der Waals surface area contributed by atoms with Crippen molar-refractivity contribution in [2.75, 3.05) is 5.75 Å². The Kier molecular flexibility index (Phi) is 4.47. The molecule has 0 saturated heterocycles. The summed E-state index contributed by atoms with van der Waals surface area (Å²) in [6.45, 7) is 0. The quantitative estimate of drug-likeness (QED) is 0.497. The van der Waals surface area contributed by atoms with Crippen LogP contribution in [0, 0.1) is 0 Å². The van der Waals surface area contributed by atoms with E-state index in [9.17, 15) is 9.35 Å². The minimum absolute atomic E-state index is 0.267. The van der Waals surface area contributed by atoms with Crippen LogP contribution in [0.25, 0.3) is 0 Å². The average molecular weight is 150 g/mol. The lowest BCUT2D eigenvalue weighted by molar-refractivity contribution is -0.118. The van der Waals surface area contributed by atoms with Gasteiger partial charge in [0.1, 0.15) is 5.75 Å². The van der Waals surface area contributed by atoms with Crippen LogP contribution in [0.1, 0.15) is 12.8 Å². The largest absolute Gasteiger partial charge is 0.598 e. The molecular formula is C4H10N2O2S. The molecule has 1 atom stereocenters. The monoisotopic (exact) mass is 150 g/mol. The Bertz CT molecular complexity index is 96.6. The van der Waals surface area contributed by atoms with Gasteiger partial charge < -0.3 is 10.3 Å². The molecule has 0 bridgehead atoms. The van der Waals surface area contributed by atoms with E-state index in [1.165, 1.54) is 0 Å². The van der Waals surface area contributed by atoms with Gasteiger partial charge in [0.2, 0.25) is 5.91 Å². The summed E-state index contributed by atoms with van der Waals surface area (Å²) in [6.07, 6.45) is 0.779. The van der Waals surface area contributed by atoms with Crippen LogP contribution in [-0.4, -0.2) is 16.2 Å². The van der Waals surface area contributed by atoms with Crippen LogP contribution in [0.3, 0.4) is 0 Å². The van der Waals surface area contributed by atoms with Crippen molar-refractivity contribution in [3.63, 3.8) is 0 Å².